The maximum atomic E-state index is 12.4. The maximum Gasteiger partial charge on any atom is 0.416 e. The molecule has 1 fully saturated rings. The van der Waals surface area contributed by atoms with Crippen molar-refractivity contribution in [2.24, 2.45) is 0 Å². The first-order valence-electron chi connectivity index (χ1n) is 7.04. The van der Waals surface area contributed by atoms with Gasteiger partial charge in [-0.3, -0.25) is 4.79 Å². The molecule has 0 aliphatic carbocycles. The molecule has 1 saturated heterocycles. The second-order valence-corrected chi connectivity index (χ2v) is 5.14. The van der Waals surface area contributed by atoms with E-state index in [2.05, 4.69) is 5.32 Å². The van der Waals surface area contributed by atoms with Gasteiger partial charge in [0.05, 0.1) is 12.1 Å². The van der Waals surface area contributed by atoms with Crippen molar-refractivity contribution >= 4 is 5.91 Å². The van der Waals surface area contributed by atoms with Gasteiger partial charge < -0.3 is 4.90 Å². The van der Waals surface area contributed by atoms with Crippen molar-refractivity contribution in [3.8, 4) is 0 Å². The van der Waals surface area contributed by atoms with Crippen LogP contribution in [0.15, 0.2) is 24.3 Å². The van der Waals surface area contributed by atoms with E-state index in [1.807, 2.05) is 0 Å². The van der Waals surface area contributed by atoms with Crippen LogP contribution in [0.5, 0.6) is 0 Å². The van der Waals surface area contributed by atoms with E-state index in [-0.39, 0.29) is 12.5 Å². The van der Waals surface area contributed by atoms with Crippen LogP contribution in [-0.2, 0) is 17.4 Å². The monoisotopic (exact) mass is 299 g/mol. The van der Waals surface area contributed by atoms with Gasteiger partial charge in [-0.05, 0) is 37.0 Å². The zero-order valence-corrected chi connectivity index (χ0v) is 11.7. The molecule has 0 bridgehead atoms. The number of halogens is 3. The van der Waals surface area contributed by atoms with Gasteiger partial charge in [0.15, 0.2) is 0 Å². The molecule has 0 atom stereocenters. The van der Waals surface area contributed by atoms with Crippen LogP contribution in [-0.4, -0.2) is 37.0 Å². The SMILES string of the molecule is O=C1C[N]CCN1CCCCc1ccc(C(F)(F)F)cc1. The average Bonchev–Trinajstić information content (AvgIpc) is 2.45. The van der Waals surface area contributed by atoms with E-state index < -0.39 is 11.7 Å². The molecular formula is C15H18F3N2O. The Hall–Kier alpha value is -1.56. The van der Waals surface area contributed by atoms with Gasteiger partial charge in [-0.2, -0.15) is 13.2 Å². The van der Waals surface area contributed by atoms with Crippen molar-refractivity contribution < 1.29 is 18.0 Å². The standard InChI is InChI=1S/C15H18F3N2O/c16-15(17,18)13-6-4-12(5-7-13)3-1-2-9-20-10-8-19-11-14(20)21/h4-7H,1-3,8-11H2. The molecule has 0 N–H and O–H groups in total. The summed E-state index contributed by atoms with van der Waals surface area (Å²) in [6.45, 7) is 2.36. The van der Waals surface area contributed by atoms with Crippen LogP contribution in [0.3, 0.4) is 0 Å². The molecule has 1 heterocycles. The van der Waals surface area contributed by atoms with Crippen LogP contribution < -0.4 is 5.32 Å². The van der Waals surface area contributed by atoms with Crippen LogP contribution in [0.2, 0.25) is 0 Å². The zero-order valence-electron chi connectivity index (χ0n) is 11.7. The Labute approximate surface area is 122 Å². The highest BCUT2D eigenvalue weighted by atomic mass is 19.4. The van der Waals surface area contributed by atoms with E-state index in [1.165, 1.54) is 12.1 Å². The third-order valence-electron chi connectivity index (χ3n) is 3.55. The predicted molar refractivity (Wildman–Crippen MR) is 72.8 cm³/mol. The minimum Gasteiger partial charge on any atom is -0.340 e. The Bertz CT molecular complexity index is 471. The maximum absolute atomic E-state index is 12.4. The second-order valence-electron chi connectivity index (χ2n) is 5.14. The third-order valence-corrected chi connectivity index (χ3v) is 3.55. The van der Waals surface area contributed by atoms with Gasteiger partial charge >= 0.3 is 6.18 Å². The summed E-state index contributed by atoms with van der Waals surface area (Å²) in [7, 11) is 0. The Morgan fingerprint density at radius 2 is 1.86 bits per heavy atom. The summed E-state index contributed by atoms with van der Waals surface area (Å²) >= 11 is 0. The smallest absolute Gasteiger partial charge is 0.340 e. The highest BCUT2D eigenvalue weighted by molar-refractivity contribution is 5.78. The van der Waals surface area contributed by atoms with Gasteiger partial charge in [0.1, 0.15) is 0 Å². The fourth-order valence-corrected chi connectivity index (χ4v) is 2.32. The summed E-state index contributed by atoms with van der Waals surface area (Å²) < 4.78 is 37.3. The lowest BCUT2D eigenvalue weighted by molar-refractivity contribution is -0.137. The number of rotatable bonds is 5. The van der Waals surface area contributed by atoms with Crippen molar-refractivity contribution in [2.45, 2.75) is 25.4 Å². The Balaban J connectivity index is 1.72. The minimum absolute atomic E-state index is 0.0655. The van der Waals surface area contributed by atoms with Crippen LogP contribution >= 0.6 is 0 Å². The highest BCUT2D eigenvalue weighted by Gasteiger charge is 2.29. The Morgan fingerprint density at radius 3 is 2.48 bits per heavy atom. The quantitative estimate of drug-likeness (QED) is 0.769. The minimum atomic E-state index is -4.28. The van der Waals surface area contributed by atoms with Crippen LogP contribution in [0.4, 0.5) is 13.2 Å². The molecule has 1 aliphatic rings. The van der Waals surface area contributed by atoms with Crippen molar-refractivity contribution in [1.82, 2.24) is 10.2 Å². The molecule has 0 unspecified atom stereocenters. The van der Waals surface area contributed by atoms with Gasteiger partial charge in [0, 0.05) is 19.6 Å². The van der Waals surface area contributed by atoms with E-state index in [4.69, 9.17) is 0 Å². The molecule has 115 valence electrons. The van der Waals surface area contributed by atoms with E-state index in [9.17, 15) is 18.0 Å². The summed E-state index contributed by atoms with van der Waals surface area (Å²) in [4.78, 5) is 13.3. The number of hydrogen-bond donors (Lipinski definition) is 0. The van der Waals surface area contributed by atoms with Gasteiger partial charge in [-0.15, -0.1) is 0 Å². The van der Waals surface area contributed by atoms with Crippen LogP contribution in [0, 0.1) is 0 Å². The van der Waals surface area contributed by atoms with Crippen molar-refractivity contribution in [3.63, 3.8) is 0 Å². The lowest BCUT2D eigenvalue weighted by atomic mass is 10.1. The van der Waals surface area contributed by atoms with Crippen molar-refractivity contribution in [3.05, 3.63) is 35.4 Å². The molecule has 1 amide bonds. The summed E-state index contributed by atoms with van der Waals surface area (Å²) in [5.74, 6) is 0.0655. The normalized spacial score (nSPS) is 16.3. The number of unbranched alkanes of at least 4 members (excludes halogenated alkanes) is 1. The van der Waals surface area contributed by atoms with Gasteiger partial charge in [0.2, 0.25) is 5.91 Å². The molecular weight excluding hydrogens is 281 g/mol. The number of nitrogens with zero attached hydrogens (tertiary/aromatic N) is 2. The first kappa shape index (κ1) is 15.8. The lowest BCUT2D eigenvalue weighted by Gasteiger charge is -2.26. The van der Waals surface area contributed by atoms with Gasteiger partial charge in [0.25, 0.3) is 0 Å². The molecule has 0 spiro atoms. The third kappa shape index (κ3) is 4.74. The molecule has 2 rings (SSSR count). The number of piperazine rings is 1. The number of carbonyl (C=O) groups is 1. The van der Waals surface area contributed by atoms with E-state index in [0.29, 0.717) is 19.6 Å². The lowest BCUT2D eigenvalue weighted by Crippen LogP contribution is -2.45. The second kappa shape index (κ2) is 6.93. The Kier molecular flexibility index (Phi) is 5.22. The number of carbonyl (C=O) groups excluding carboxylic acids is 1. The predicted octanol–water partition coefficient (Wildman–Crippen LogP) is 2.47. The highest BCUT2D eigenvalue weighted by Crippen LogP contribution is 2.29. The molecule has 6 heteroatoms. The van der Waals surface area contributed by atoms with Gasteiger partial charge in [-0.1, -0.05) is 12.1 Å². The van der Waals surface area contributed by atoms with Crippen molar-refractivity contribution in [1.29, 1.82) is 0 Å². The van der Waals surface area contributed by atoms with Crippen LogP contribution in [0.25, 0.3) is 0 Å². The van der Waals surface area contributed by atoms with Crippen molar-refractivity contribution in [2.75, 3.05) is 26.2 Å². The molecule has 1 aromatic carbocycles. The summed E-state index contributed by atoms with van der Waals surface area (Å²) in [6, 6.07) is 5.28. The topological polar surface area (TPSA) is 34.4 Å². The fourth-order valence-electron chi connectivity index (χ4n) is 2.32. The molecule has 1 aliphatic heterocycles. The number of hydrogen-bond acceptors (Lipinski definition) is 1. The van der Waals surface area contributed by atoms with E-state index in [1.54, 1.807) is 4.90 Å². The number of alkyl halides is 3. The largest absolute Gasteiger partial charge is 0.416 e. The Morgan fingerprint density at radius 1 is 1.14 bits per heavy atom. The first-order chi connectivity index (χ1) is 9.97. The molecule has 1 aromatic rings. The molecule has 3 nitrogen and oxygen atoms in total. The summed E-state index contributed by atoms with van der Waals surface area (Å²) in [5, 5.41) is 4.03. The molecule has 0 aromatic heterocycles. The van der Waals surface area contributed by atoms with E-state index >= 15 is 0 Å². The number of benzene rings is 1. The molecule has 1 radical (unpaired) electrons. The zero-order chi connectivity index (χ0) is 15.3. The van der Waals surface area contributed by atoms with E-state index in [0.717, 1.165) is 37.0 Å². The first-order valence-corrected chi connectivity index (χ1v) is 7.04. The summed E-state index contributed by atoms with van der Waals surface area (Å²) in [5.41, 5.74) is 0.275. The number of amides is 1. The van der Waals surface area contributed by atoms with Crippen LogP contribution in [0.1, 0.15) is 24.0 Å². The number of aryl methyl sites for hydroxylation is 1. The van der Waals surface area contributed by atoms with Gasteiger partial charge in [-0.25, -0.2) is 5.32 Å². The summed E-state index contributed by atoms with van der Waals surface area (Å²) in [6.07, 6.45) is -1.85. The molecule has 21 heavy (non-hydrogen) atoms. The molecule has 0 saturated carbocycles. The average molecular weight is 299 g/mol. The fraction of sp³-hybridized carbons (Fsp3) is 0.533.